The summed E-state index contributed by atoms with van der Waals surface area (Å²) in [6.07, 6.45) is 6.54. The van der Waals surface area contributed by atoms with E-state index in [2.05, 4.69) is 15.4 Å². The number of nitrogen functional groups attached to an aromatic ring is 1. The van der Waals surface area contributed by atoms with Crippen LogP contribution in [0.4, 0.5) is 5.69 Å². The summed E-state index contributed by atoms with van der Waals surface area (Å²) in [6.45, 7) is 1.12. The van der Waals surface area contributed by atoms with Gasteiger partial charge >= 0.3 is 0 Å². The van der Waals surface area contributed by atoms with Crippen LogP contribution in [0, 0.1) is 0 Å². The highest BCUT2D eigenvalue weighted by Gasteiger charge is 2.08. The second-order valence-corrected chi connectivity index (χ2v) is 3.49. The van der Waals surface area contributed by atoms with E-state index >= 15 is 0 Å². The predicted octanol–water partition coefficient (Wildman–Crippen LogP) is 0.290. The molecule has 17 heavy (non-hydrogen) atoms. The van der Waals surface area contributed by atoms with Crippen LogP contribution in [0.3, 0.4) is 0 Å². The first-order valence-corrected chi connectivity index (χ1v) is 5.22. The molecule has 2 aromatic heterocycles. The number of rotatable bonds is 4. The fraction of sp³-hybridized carbons (Fsp3) is 0.182. The third-order valence-corrected chi connectivity index (χ3v) is 2.29. The van der Waals surface area contributed by atoms with Crippen molar-refractivity contribution >= 4 is 11.6 Å². The number of nitrogens with one attached hydrogen (secondary N) is 1. The minimum atomic E-state index is -0.220. The minimum Gasteiger partial charge on any atom is -0.398 e. The molecular weight excluding hydrogens is 218 g/mol. The van der Waals surface area contributed by atoms with Gasteiger partial charge in [0.2, 0.25) is 0 Å². The fourth-order valence-electron chi connectivity index (χ4n) is 1.41. The Morgan fingerprint density at radius 1 is 1.47 bits per heavy atom. The molecule has 0 spiro atoms. The van der Waals surface area contributed by atoms with Gasteiger partial charge in [-0.3, -0.25) is 14.5 Å². The van der Waals surface area contributed by atoms with Crippen LogP contribution in [0.1, 0.15) is 10.4 Å². The largest absolute Gasteiger partial charge is 0.398 e. The maximum atomic E-state index is 11.7. The number of carbonyl (C=O) groups excluding carboxylic acids is 1. The number of anilines is 1. The zero-order chi connectivity index (χ0) is 12.1. The van der Waals surface area contributed by atoms with E-state index in [0.29, 0.717) is 24.3 Å². The van der Waals surface area contributed by atoms with Crippen LogP contribution in [-0.2, 0) is 6.54 Å². The maximum absolute atomic E-state index is 11.7. The molecular formula is C11H13N5O. The molecule has 0 unspecified atom stereocenters. The normalized spacial score (nSPS) is 10.1. The zero-order valence-electron chi connectivity index (χ0n) is 9.21. The van der Waals surface area contributed by atoms with Gasteiger partial charge in [-0.2, -0.15) is 5.10 Å². The van der Waals surface area contributed by atoms with E-state index in [1.165, 1.54) is 6.20 Å². The number of nitrogens with zero attached hydrogens (tertiary/aromatic N) is 3. The molecule has 0 aliphatic carbocycles. The van der Waals surface area contributed by atoms with Crippen molar-refractivity contribution in [3.05, 3.63) is 42.5 Å². The molecule has 2 aromatic rings. The van der Waals surface area contributed by atoms with Gasteiger partial charge in [0.1, 0.15) is 0 Å². The number of amides is 1. The average Bonchev–Trinajstić information content (AvgIpc) is 2.82. The molecule has 0 saturated carbocycles. The van der Waals surface area contributed by atoms with Crippen LogP contribution in [0.15, 0.2) is 36.9 Å². The summed E-state index contributed by atoms with van der Waals surface area (Å²) in [5.74, 6) is -0.220. The van der Waals surface area contributed by atoms with Crippen molar-refractivity contribution in [3.63, 3.8) is 0 Å². The van der Waals surface area contributed by atoms with Crippen molar-refractivity contribution in [2.45, 2.75) is 6.54 Å². The van der Waals surface area contributed by atoms with Gasteiger partial charge in [0.25, 0.3) is 5.91 Å². The molecule has 88 valence electrons. The van der Waals surface area contributed by atoms with E-state index in [0.717, 1.165) is 0 Å². The van der Waals surface area contributed by atoms with Crippen LogP contribution in [0.2, 0.25) is 0 Å². The van der Waals surface area contributed by atoms with E-state index in [1.807, 2.05) is 12.3 Å². The maximum Gasteiger partial charge on any atom is 0.255 e. The molecule has 0 aliphatic heterocycles. The average molecular weight is 231 g/mol. The molecule has 3 N–H and O–H groups in total. The summed E-state index contributed by atoms with van der Waals surface area (Å²) in [5, 5.41) is 6.79. The first kappa shape index (κ1) is 11.1. The first-order chi connectivity index (χ1) is 8.27. The summed E-state index contributed by atoms with van der Waals surface area (Å²) in [4.78, 5) is 15.6. The van der Waals surface area contributed by atoms with Crippen LogP contribution >= 0.6 is 0 Å². The Morgan fingerprint density at radius 2 is 2.35 bits per heavy atom. The van der Waals surface area contributed by atoms with Crippen molar-refractivity contribution in [2.24, 2.45) is 0 Å². The molecule has 0 fully saturated rings. The lowest BCUT2D eigenvalue weighted by Gasteiger charge is -2.06. The fourth-order valence-corrected chi connectivity index (χ4v) is 1.41. The molecule has 0 aromatic carbocycles. The molecule has 6 nitrogen and oxygen atoms in total. The molecule has 0 radical (unpaired) electrons. The Kier molecular flexibility index (Phi) is 3.34. The van der Waals surface area contributed by atoms with E-state index in [4.69, 9.17) is 5.73 Å². The summed E-state index contributed by atoms with van der Waals surface area (Å²) in [6, 6.07) is 3.43. The van der Waals surface area contributed by atoms with Gasteiger partial charge in [0.15, 0.2) is 0 Å². The van der Waals surface area contributed by atoms with Gasteiger partial charge in [0.05, 0.1) is 12.1 Å². The number of pyridine rings is 1. The van der Waals surface area contributed by atoms with Crippen LogP contribution in [0.5, 0.6) is 0 Å². The van der Waals surface area contributed by atoms with E-state index < -0.39 is 0 Å². The van der Waals surface area contributed by atoms with Crippen molar-refractivity contribution in [3.8, 4) is 0 Å². The lowest BCUT2D eigenvalue weighted by molar-refractivity contribution is 0.0952. The smallest absolute Gasteiger partial charge is 0.255 e. The molecule has 0 aliphatic rings. The van der Waals surface area contributed by atoms with Gasteiger partial charge < -0.3 is 11.1 Å². The molecule has 0 saturated heterocycles. The molecule has 2 rings (SSSR count). The highest BCUT2D eigenvalue weighted by molar-refractivity contribution is 5.98. The third kappa shape index (κ3) is 2.81. The van der Waals surface area contributed by atoms with Crippen LogP contribution in [-0.4, -0.2) is 27.2 Å². The lowest BCUT2D eigenvalue weighted by Crippen LogP contribution is -2.28. The quantitative estimate of drug-likeness (QED) is 0.792. The van der Waals surface area contributed by atoms with E-state index in [9.17, 15) is 4.79 Å². The number of hydrogen-bond acceptors (Lipinski definition) is 4. The molecule has 6 heteroatoms. The van der Waals surface area contributed by atoms with Crippen LogP contribution in [0.25, 0.3) is 0 Å². The Hall–Kier alpha value is -2.37. The van der Waals surface area contributed by atoms with Gasteiger partial charge in [-0.15, -0.1) is 0 Å². The van der Waals surface area contributed by atoms with Crippen molar-refractivity contribution in [1.82, 2.24) is 20.1 Å². The standard InChI is InChI=1S/C11H13N5O/c12-10-2-4-13-8-9(10)11(17)14-5-7-16-6-1-3-15-16/h1-4,6,8H,5,7H2,(H2,12,13)(H,14,17). The molecule has 0 bridgehead atoms. The third-order valence-electron chi connectivity index (χ3n) is 2.29. The SMILES string of the molecule is Nc1ccncc1C(=O)NCCn1cccn1. The highest BCUT2D eigenvalue weighted by atomic mass is 16.1. The summed E-state index contributed by atoms with van der Waals surface area (Å²) in [7, 11) is 0. The van der Waals surface area contributed by atoms with Gasteiger partial charge in [-0.25, -0.2) is 0 Å². The number of nitrogens with two attached hydrogens (primary N) is 1. The number of aromatic nitrogens is 3. The Morgan fingerprint density at radius 3 is 3.06 bits per heavy atom. The Labute approximate surface area is 98.5 Å². The monoisotopic (exact) mass is 231 g/mol. The van der Waals surface area contributed by atoms with Crippen molar-refractivity contribution in [2.75, 3.05) is 12.3 Å². The Bertz CT molecular complexity index is 494. The van der Waals surface area contributed by atoms with Gasteiger partial charge in [-0.05, 0) is 12.1 Å². The molecule has 0 atom stereocenters. The second-order valence-electron chi connectivity index (χ2n) is 3.49. The number of carbonyl (C=O) groups is 1. The summed E-state index contributed by atoms with van der Waals surface area (Å²) in [5.41, 5.74) is 6.49. The lowest BCUT2D eigenvalue weighted by atomic mass is 10.2. The van der Waals surface area contributed by atoms with E-state index in [1.54, 1.807) is 23.1 Å². The predicted molar refractivity (Wildman–Crippen MR) is 63.2 cm³/mol. The topological polar surface area (TPSA) is 85.8 Å². The number of hydrogen-bond donors (Lipinski definition) is 2. The highest BCUT2D eigenvalue weighted by Crippen LogP contribution is 2.07. The summed E-state index contributed by atoms with van der Waals surface area (Å²) >= 11 is 0. The van der Waals surface area contributed by atoms with Gasteiger partial charge in [0, 0.05) is 37.0 Å². The Balaban J connectivity index is 1.88. The van der Waals surface area contributed by atoms with E-state index in [-0.39, 0.29) is 5.91 Å². The second kappa shape index (κ2) is 5.11. The van der Waals surface area contributed by atoms with Gasteiger partial charge in [-0.1, -0.05) is 0 Å². The summed E-state index contributed by atoms with van der Waals surface area (Å²) < 4.78 is 1.74. The minimum absolute atomic E-state index is 0.220. The zero-order valence-corrected chi connectivity index (χ0v) is 9.21. The molecule has 1 amide bonds. The van der Waals surface area contributed by atoms with Crippen molar-refractivity contribution in [1.29, 1.82) is 0 Å². The van der Waals surface area contributed by atoms with Crippen molar-refractivity contribution < 1.29 is 4.79 Å². The van der Waals surface area contributed by atoms with Crippen LogP contribution < -0.4 is 11.1 Å². The molecule has 2 heterocycles. The first-order valence-electron chi connectivity index (χ1n) is 5.22.